The van der Waals surface area contributed by atoms with Crippen molar-refractivity contribution in [1.82, 2.24) is 5.32 Å². The van der Waals surface area contributed by atoms with Crippen LogP contribution in [0.15, 0.2) is 18.2 Å². The fraction of sp³-hybridized carbons (Fsp3) is 0.500. The van der Waals surface area contributed by atoms with Crippen LogP contribution in [-0.4, -0.2) is 17.3 Å². The van der Waals surface area contributed by atoms with E-state index in [1.807, 2.05) is 32.0 Å². The molecule has 1 amide bonds. The van der Waals surface area contributed by atoms with Crippen molar-refractivity contribution in [3.05, 3.63) is 34.9 Å². The van der Waals surface area contributed by atoms with E-state index in [0.29, 0.717) is 5.88 Å². The molecule has 3 heteroatoms. The van der Waals surface area contributed by atoms with Crippen molar-refractivity contribution in [2.75, 3.05) is 5.88 Å². The van der Waals surface area contributed by atoms with Gasteiger partial charge in [-0.15, -0.1) is 11.6 Å². The van der Waals surface area contributed by atoms with Crippen molar-refractivity contribution in [1.29, 1.82) is 0 Å². The zero-order valence-electron chi connectivity index (χ0n) is 10.3. The minimum atomic E-state index is -0.155. The van der Waals surface area contributed by atoms with Crippen LogP contribution in [-0.2, 0) is 0 Å². The summed E-state index contributed by atoms with van der Waals surface area (Å²) in [6.07, 6.45) is 3.14. The van der Waals surface area contributed by atoms with Crippen molar-refractivity contribution in [3.8, 4) is 0 Å². The summed E-state index contributed by atoms with van der Waals surface area (Å²) in [6, 6.07) is 5.79. The smallest absolute Gasteiger partial charge is 0.251 e. The molecule has 1 aliphatic carbocycles. The first-order valence-electron chi connectivity index (χ1n) is 6.02. The Kier molecular flexibility index (Phi) is 3.43. The molecule has 2 nitrogen and oxygen atoms in total. The van der Waals surface area contributed by atoms with Crippen LogP contribution in [0.3, 0.4) is 0 Å². The van der Waals surface area contributed by atoms with Gasteiger partial charge < -0.3 is 5.32 Å². The van der Waals surface area contributed by atoms with Gasteiger partial charge in [0.1, 0.15) is 0 Å². The SMILES string of the molecule is Cc1ccc(C(=O)NC2(CCl)CCC2)cc1C. The molecule has 0 atom stereocenters. The molecule has 0 aliphatic heterocycles. The molecule has 1 N–H and O–H groups in total. The van der Waals surface area contributed by atoms with Crippen LogP contribution in [0.1, 0.15) is 40.7 Å². The second-order valence-corrected chi connectivity index (χ2v) is 5.29. The summed E-state index contributed by atoms with van der Waals surface area (Å²) in [6.45, 7) is 4.07. The summed E-state index contributed by atoms with van der Waals surface area (Å²) < 4.78 is 0. The first-order valence-corrected chi connectivity index (χ1v) is 6.55. The number of nitrogens with one attached hydrogen (secondary N) is 1. The van der Waals surface area contributed by atoms with Gasteiger partial charge in [-0.05, 0) is 56.4 Å². The van der Waals surface area contributed by atoms with Crippen LogP contribution in [0.4, 0.5) is 0 Å². The van der Waals surface area contributed by atoms with Crippen LogP contribution in [0, 0.1) is 13.8 Å². The molecule has 0 spiro atoms. The number of carbonyl (C=O) groups is 1. The standard InChI is InChI=1S/C14H18ClNO/c1-10-4-5-12(8-11(10)2)13(17)16-14(9-15)6-3-7-14/h4-5,8H,3,6-7,9H2,1-2H3,(H,16,17). The number of benzene rings is 1. The third-order valence-corrected chi connectivity index (χ3v) is 4.23. The molecule has 0 bridgehead atoms. The fourth-order valence-electron chi connectivity index (χ4n) is 2.09. The summed E-state index contributed by atoms with van der Waals surface area (Å²) in [7, 11) is 0. The largest absolute Gasteiger partial charge is 0.345 e. The van der Waals surface area contributed by atoms with Crippen LogP contribution < -0.4 is 5.32 Å². The molecule has 2 rings (SSSR count). The molecular weight excluding hydrogens is 234 g/mol. The molecule has 1 aliphatic rings. The first kappa shape index (κ1) is 12.4. The normalized spacial score (nSPS) is 17.4. The highest BCUT2D eigenvalue weighted by molar-refractivity contribution is 6.19. The van der Waals surface area contributed by atoms with Gasteiger partial charge in [-0.1, -0.05) is 6.07 Å². The average Bonchev–Trinajstić information content (AvgIpc) is 2.27. The molecule has 0 heterocycles. The van der Waals surface area contributed by atoms with E-state index in [0.717, 1.165) is 30.4 Å². The Morgan fingerprint density at radius 1 is 1.35 bits per heavy atom. The van der Waals surface area contributed by atoms with Gasteiger partial charge in [0.05, 0.1) is 5.54 Å². The van der Waals surface area contributed by atoms with Crippen molar-refractivity contribution in [2.24, 2.45) is 0 Å². The second-order valence-electron chi connectivity index (χ2n) is 5.02. The van der Waals surface area contributed by atoms with Gasteiger partial charge in [0, 0.05) is 11.4 Å². The quantitative estimate of drug-likeness (QED) is 0.822. The Hall–Kier alpha value is -1.02. The molecule has 0 unspecified atom stereocenters. The number of amides is 1. The van der Waals surface area contributed by atoms with E-state index in [1.54, 1.807) is 0 Å². The second kappa shape index (κ2) is 4.69. The van der Waals surface area contributed by atoms with E-state index in [9.17, 15) is 4.79 Å². The van der Waals surface area contributed by atoms with Gasteiger partial charge in [-0.25, -0.2) is 0 Å². The number of alkyl halides is 1. The lowest BCUT2D eigenvalue weighted by Crippen LogP contribution is -2.55. The maximum absolute atomic E-state index is 12.1. The zero-order valence-corrected chi connectivity index (χ0v) is 11.1. The Bertz CT molecular complexity index is 432. The molecule has 92 valence electrons. The summed E-state index contributed by atoms with van der Waals surface area (Å²) in [5.41, 5.74) is 2.92. The highest BCUT2D eigenvalue weighted by atomic mass is 35.5. The fourth-order valence-corrected chi connectivity index (χ4v) is 2.43. The minimum absolute atomic E-state index is 0.00606. The number of aryl methyl sites for hydroxylation is 2. The van der Waals surface area contributed by atoms with Crippen LogP contribution in [0.5, 0.6) is 0 Å². The van der Waals surface area contributed by atoms with Crippen molar-refractivity contribution >= 4 is 17.5 Å². The summed E-state index contributed by atoms with van der Waals surface area (Å²) in [5, 5.41) is 3.07. The molecule has 17 heavy (non-hydrogen) atoms. The van der Waals surface area contributed by atoms with Crippen molar-refractivity contribution < 1.29 is 4.79 Å². The lowest BCUT2D eigenvalue weighted by atomic mass is 9.78. The van der Waals surface area contributed by atoms with Gasteiger partial charge in [-0.3, -0.25) is 4.79 Å². The minimum Gasteiger partial charge on any atom is -0.345 e. The Balaban J connectivity index is 2.11. The van der Waals surface area contributed by atoms with Gasteiger partial charge in [0.25, 0.3) is 5.91 Å². The first-order chi connectivity index (χ1) is 8.06. The van der Waals surface area contributed by atoms with E-state index in [-0.39, 0.29) is 11.4 Å². The lowest BCUT2D eigenvalue weighted by molar-refractivity contribution is 0.0854. The van der Waals surface area contributed by atoms with Crippen molar-refractivity contribution in [2.45, 2.75) is 38.6 Å². The summed E-state index contributed by atoms with van der Waals surface area (Å²) in [5.74, 6) is 0.497. The summed E-state index contributed by atoms with van der Waals surface area (Å²) in [4.78, 5) is 12.1. The number of carbonyl (C=O) groups excluding carboxylic acids is 1. The zero-order chi connectivity index (χ0) is 12.5. The molecule has 1 aromatic carbocycles. The molecule has 1 saturated carbocycles. The number of halogens is 1. The van der Waals surface area contributed by atoms with Gasteiger partial charge in [0.15, 0.2) is 0 Å². The Morgan fingerprint density at radius 3 is 2.53 bits per heavy atom. The van der Waals surface area contributed by atoms with E-state index in [2.05, 4.69) is 5.32 Å². The van der Waals surface area contributed by atoms with Gasteiger partial charge in [0.2, 0.25) is 0 Å². The predicted octanol–water partition coefficient (Wildman–Crippen LogP) is 3.19. The van der Waals surface area contributed by atoms with Crippen LogP contribution in [0.2, 0.25) is 0 Å². The molecule has 0 aromatic heterocycles. The van der Waals surface area contributed by atoms with Gasteiger partial charge in [-0.2, -0.15) is 0 Å². The lowest BCUT2D eigenvalue weighted by Gasteiger charge is -2.41. The van der Waals surface area contributed by atoms with Crippen LogP contribution >= 0.6 is 11.6 Å². The Labute approximate surface area is 107 Å². The van der Waals surface area contributed by atoms with E-state index in [1.165, 1.54) is 5.56 Å². The molecule has 0 saturated heterocycles. The maximum Gasteiger partial charge on any atom is 0.251 e. The highest BCUT2D eigenvalue weighted by Crippen LogP contribution is 2.33. The van der Waals surface area contributed by atoms with E-state index >= 15 is 0 Å². The third kappa shape index (κ3) is 2.47. The van der Waals surface area contributed by atoms with Crippen molar-refractivity contribution in [3.63, 3.8) is 0 Å². The molecule has 1 fully saturated rings. The summed E-state index contributed by atoms with van der Waals surface area (Å²) >= 11 is 5.93. The predicted molar refractivity (Wildman–Crippen MR) is 70.7 cm³/mol. The highest BCUT2D eigenvalue weighted by Gasteiger charge is 2.37. The maximum atomic E-state index is 12.1. The average molecular weight is 252 g/mol. The molecule has 1 aromatic rings. The number of hydrogen-bond donors (Lipinski definition) is 1. The molecular formula is C14H18ClNO. The topological polar surface area (TPSA) is 29.1 Å². The van der Waals surface area contributed by atoms with E-state index in [4.69, 9.17) is 11.6 Å². The number of hydrogen-bond acceptors (Lipinski definition) is 1. The third-order valence-electron chi connectivity index (χ3n) is 3.71. The Morgan fingerprint density at radius 2 is 2.06 bits per heavy atom. The number of rotatable bonds is 3. The van der Waals surface area contributed by atoms with Gasteiger partial charge >= 0.3 is 0 Å². The monoisotopic (exact) mass is 251 g/mol. The molecule has 0 radical (unpaired) electrons. The van der Waals surface area contributed by atoms with E-state index < -0.39 is 0 Å². The van der Waals surface area contributed by atoms with Crippen LogP contribution in [0.25, 0.3) is 0 Å².